The van der Waals surface area contributed by atoms with Gasteiger partial charge in [0.2, 0.25) is 41.4 Å². The number of unbranched alkanes of at least 4 members (excludes halogenated alkanes) is 1. The average Bonchev–Trinajstić information content (AvgIpc) is 3.96. The molecule has 20 nitrogen and oxygen atoms in total. The molecule has 0 spiro atoms. The zero-order chi connectivity index (χ0) is 51.5. The molecule has 2 heterocycles. The lowest BCUT2D eigenvalue weighted by atomic mass is 9.96. The molecule has 0 saturated heterocycles. The quantitative estimate of drug-likeness (QED) is 0.0194. The fourth-order valence-electron chi connectivity index (χ4n) is 8.35. The van der Waals surface area contributed by atoms with E-state index in [-0.39, 0.29) is 44.6 Å². The summed E-state index contributed by atoms with van der Waals surface area (Å²) in [6, 6.07) is 17.0. The third-order valence-electron chi connectivity index (χ3n) is 12.4. The maximum absolute atomic E-state index is 14.8. The summed E-state index contributed by atoms with van der Waals surface area (Å²) in [6.07, 6.45) is 5.65. The second kappa shape index (κ2) is 26.9. The number of aromatic amines is 2. The van der Waals surface area contributed by atoms with E-state index < -0.39 is 83.5 Å². The highest BCUT2D eigenvalue weighted by Gasteiger charge is 2.35. The van der Waals surface area contributed by atoms with Crippen LogP contribution in [-0.4, -0.2) is 107 Å². The van der Waals surface area contributed by atoms with Gasteiger partial charge in [-0.2, -0.15) is 0 Å². The number of benzene rings is 3. The van der Waals surface area contributed by atoms with Gasteiger partial charge in [-0.25, -0.2) is 0 Å². The van der Waals surface area contributed by atoms with Crippen LogP contribution in [0, 0.1) is 5.92 Å². The number of aromatic nitrogens is 2. The number of fused-ring (bicyclic) bond motifs is 2. The fourth-order valence-corrected chi connectivity index (χ4v) is 8.35. The summed E-state index contributed by atoms with van der Waals surface area (Å²) in [6.45, 7) is 5.43. The first-order valence-corrected chi connectivity index (χ1v) is 24.1. The minimum atomic E-state index is -1.29. The first kappa shape index (κ1) is 54.2. The molecule has 16 N–H and O–H groups in total. The van der Waals surface area contributed by atoms with Crippen molar-refractivity contribution in [2.45, 2.75) is 115 Å². The molecule has 7 amide bonds. The Labute approximate surface area is 413 Å². The van der Waals surface area contributed by atoms with E-state index in [0.717, 1.165) is 27.4 Å². The van der Waals surface area contributed by atoms with Crippen molar-refractivity contribution in [3.05, 3.63) is 108 Å². The van der Waals surface area contributed by atoms with Crippen molar-refractivity contribution in [1.82, 2.24) is 41.9 Å². The Hall–Kier alpha value is -7.74. The number of nitrogens with one attached hydrogen (secondary N) is 8. The van der Waals surface area contributed by atoms with Crippen molar-refractivity contribution >= 4 is 69.1 Å². The summed E-state index contributed by atoms with van der Waals surface area (Å²) in [7, 11) is 0. The van der Waals surface area contributed by atoms with Crippen LogP contribution >= 0.6 is 0 Å². The number of hydrogen-bond donors (Lipinski definition) is 12. The smallest absolute Gasteiger partial charge is 0.243 e. The van der Waals surface area contributed by atoms with Gasteiger partial charge in [0, 0.05) is 66.9 Å². The molecule has 2 aromatic heterocycles. The highest BCUT2D eigenvalue weighted by molar-refractivity contribution is 5.98. The van der Waals surface area contributed by atoms with Crippen LogP contribution in [-0.2, 0) is 52.8 Å². The van der Waals surface area contributed by atoms with Crippen LogP contribution < -0.4 is 54.8 Å². The van der Waals surface area contributed by atoms with Crippen LogP contribution in [0.1, 0.15) is 76.0 Å². The molecule has 0 aliphatic carbocycles. The number of carbonyl (C=O) groups is 7. The summed E-state index contributed by atoms with van der Waals surface area (Å²) in [5.41, 5.74) is 26.4. The number of hydrogen-bond acceptors (Lipinski definition) is 9. The van der Waals surface area contributed by atoms with Gasteiger partial charge in [0.25, 0.3) is 0 Å². The van der Waals surface area contributed by atoms with Crippen molar-refractivity contribution in [2.75, 3.05) is 13.1 Å². The van der Waals surface area contributed by atoms with Crippen molar-refractivity contribution in [3.63, 3.8) is 0 Å². The zero-order valence-electron chi connectivity index (χ0n) is 40.6. The summed E-state index contributed by atoms with van der Waals surface area (Å²) >= 11 is 0. The van der Waals surface area contributed by atoms with Gasteiger partial charge in [0.15, 0.2) is 5.96 Å². The van der Waals surface area contributed by atoms with Crippen molar-refractivity contribution in [3.8, 4) is 0 Å². The highest BCUT2D eigenvalue weighted by atomic mass is 16.2. The Kier molecular flexibility index (Phi) is 20.5. The standard InChI is InChI=1S/C51H69N13O7/c1-4-30(2)44(50(71)63-42(25-32-15-6-5-7-16-32)48(69)61-41(45(53)66)26-33-28-57-37-19-10-8-17-35(33)37)64-49(70)43(27-34-29-58-38-20-11-9-18-36(34)38)62-47(68)40(21-12-13-23-52)60-46(67)39(59-31(3)65)22-14-24-56-51(54)55/h5-11,15-20,28-30,39-44,57-58H,4,12-14,21-27,52H2,1-3H3,(H2,53,66)(H,59,65)(H,60,67)(H,61,69)(H,62,68)(H,63,71)(H,64,70)(H4,54,55,56)/t30-,39-,40-,41-,42-,43-,44-/m0/s1. The predicted molar refractivity (Wildman–Crippen MR) is 273 cm³/mol. The molecule has 5 aromatic rings. The number of para-hydroxylation sites is 2. The molecular formula is C51H69N13O7. The van der Waals surface area contributed by atoms with Crippen molar-refractivity contribution < 1.29 is 33.6 Å². The van der Waals surface area contributed by atoms with E-state index in [1.807, 2.05) is 61.5 Å². The van der Waals surface area contributed by atoms with Crippen LogP contribution in [0.25, 0.3) is 21.8 Å². The fraction of sp³-hybridized carbons (Fsp3) is 0.412. The third kappa shape index (κ3) is 16.2. The average molecular weight is 976 g/mol. The number of nitrogens with zero attached hydrogens (tertiary/aromatic N) is 1. The van der Waals surface area contributed by atoms with E-state index >= 15 is 0 Å². The Morgan fingerprint density at radius 1 is 0.563 bits per heavy atom. The van der Waals surface area contributed by atoms with Gasteiger partial charge in [-0.05, 0) is 73.4 Å². The van der Waals surface area contributed by atoms with E-state index in [0.29, 0.717) is 43.4 Å². The molecule has 0 fully saturated rings. The van der Waals surface area contributed by atoms with E-state index in [2.05, 4.69) is 46.9 Å². The lowest BCUT2D eigenvalue weighted by molar-refractivity contribution is -0.136. The lowest BCUT2D eigenvalue weighted by Crippen LogP contribution is -2.61. The summed E-state index contributed by atoms with van der Waals surface area (Å²) in [5.74, 6) is -5.19. The first-order chi connectivity index (χ1) is 34.1. The van der Waals surface area contributed by atoms with Gasteiger partial charge in [-0.1, -0.05) is 87.0 Å². The Bertz CT molecular complexity index is 2630. The van der Waals surface area contributed by atoms with Gasteiger partial charge in [-0.3, -0.25) is 38.6 Å². The number of guanidine groups is 1. The molecule has 7 atom stereocenters. The topological polar surface area (TPSA) is 340 Å². The van der Waals surface area contributed by atoms with E-state index in [9.17, 15) is 33.6 Å². The van der Waals surface area contributed by atoms with Gasteiger partial charge in [-0.15, -0.1) is 0 Å². The molecule has 0 bridgehead atoms. The highest BCUT2D eigenvalue weighted by Crippen LogP contribution is 2.21. The predicted octanol–water partition coefficient (Wildman–Crippen LogP) is 1.32. The zero-order valence-corrected chi connectivity index (χ0v) is 40.6. The van der Waals surface area contributed by atoms with E-state index in [1.165, 1.54) is 6.92 Å². The molecule has 380 valence electrons. The molecule has 3 aromatic carbocycles. The first-order valence-electron chi connectivity index (χ1n) is 24.1. The van der Waals surface area contributed by atoms with Crippen LogP contribution in [0.4, 0.5) is 0 Å². The number of aliphatic imine (C=N–C) groups is 1. The number of carbonyl (C=O) groups excluding carboxylic acids is 7. The van der Waals surface area contributed by atoms with E-state index in [4.69, 9.17) is 22.9 Å². The minimum absolute atomic E-state index is 0.0246. The molecule has 5 rings (SSSR count). The number of amides is 7. The SMILES string of the molecule is CC[C@H](C)[C@H](NC(=O)[C@H](Cc1c[nH]c2ccccc12)NC(=O)[C@H](CCCCN)NC(=O)[C@H](CCCN=C(N)N)NC(C)=O)C(=O)N[C@@H](Cc1ccccc1)C(=O)N[C@@H](Cc1c[nH]c2ccccc12)C(N)=O. The normalized spacial score (nSPS) is 14.1. The van der Waals surface area contributed by atoms with Gasteiger partial charge in [0.05, 0.1) is 0 Å². The number of primary amides is 1. The number of nitrogens with two attached hydrogens (primary N) is 4. The molecular weight excluding hydrogens is 907 g/mol. The summed E-state index contributed by atoms with van der Waals surface area (Å²) in [5, 5.41) is 18.5. The maximum Gasteiger partial charge on any atom is 0.243 e. The second-order valence-corrected chi connectivity index (χ2v) is 17.8. The van der Waals surface area contributed by atoms with Crippen LogP contribution in [0.15, 0.2) is 96.2 Å². The molecule has 0 unspecified atom stereocenters. The second-order valence-electron chi connectivity index (χ2n) is 17.8. The largest absolute Gasteiger partial charge is 0.370 e. The Balaban J connectivity index is 1.41. The Morgan fingerprint density at radius 3 is 1.61 bits per heavy atom. The monoisotopic (exact) mass is 976 g/mol. The number of rotatable bonds is 28. The molecule has 71 heavy (non-hydrogen) atoms. The molecule has 0 saturated carbocycles. The summed E-state index contributed by atoms with van der Waals surface area (Å²) < 4.78 is 0. The van der Waals surface area contributed by atoms with Gasteiger partial charge >= 0.3 is 0 Å². The molecule has 0 radical (unpaired) electrons. The van der Waals surface area contributed by atoms with Crippen LogP contribution in [0.2, 0.25) is 0 Å². The van der Waals surface area contributed by atoms with E-state index in [1.54, 1.807) is 43.6 Å². The van der Waals surface area contributed by atoms with Crippen LogP contribution in [0.5, 0.6) is 0 Å². The lowest BCUT2D eigenvalue weighted by Gasteiger charge is -2.29. The molecule has 20 heteroatoms. The Morgan fingerprint density at radius 2 is 1.04 bits per heavy atom. The minimum Gasteiger partial charge on any atom is -0.370 e. The summed E-state index contributed by atoms with van der Waals surface area (Å²) in [4.78, 5) is 107. The van der Waals surface area contributed by atoms with Crippen molar-refractivity contribution in [2.24, 2.45) is 33.8 Å². The van der Waals surface area contributed by atoms with Crippen LogP contribution in [0.3, 0.4) is 0 Å². The molecule has 0 aliphatic heterocycles. The number of H-pyrrole nitrogens is 2. The maximum atomic E-state index is 14.8. The molecule has 0 aliphatic rings. The van der Waals surface area contributed by atoms with Gasteiger partial charge < -0.3 is 64.8 Å². The van der Waals surface area contributed by atoms with Gasteiger partial charge in [0.1, 0.15) is 36.3 Å². The third-order valence-corrected chi connectivity index (χ3v) is 12.4. The van der Waals surface area contributed by atoms with Crippen molar-refractivity contribution in [1.29, 1.82) is 0 Å².